The van der Waals surface area contributed by atoms with Gasteiger partial charge < -0.3 is 34.2 Å². The Morgan fingerprint density at radius 3 is 2.63 bits per heavy atom. The number of aliphatic hydroxyl groups excluding tert-OH is 2. The Morgan fingerprint density at radius 2 is 1.92 bits per heavy atom. The van der Waals surface area contributed by atoms with Gasteiger partial charge in [0.1, 0.15) is 30.8 Å². The summed E-state index contributed by atoms with van der Waals surface area (Å²) >= 11 is 0. The van der Waals surface area contributed by atoms with Crippen LogP contribution in [-0.2, 0) is 21.0 Å². The summed E-state index contributed by atoms with van der Waals surface area (Å²) in [5.41, 5.74) is 4.67. The Bertz CT molecular complexity index is 1590. The number of aryl methyl sites for hydroxylation is 1. The third-order valence-corrected chi connectivity index (χ3v) is 11.0. The van der Waals surface area contributed by atoms with Crippen molar-refractivity contribution in [2.24, 2.45) is 28.8 Å². The molecule has 1 aliphatic heterocycles. The van der Waals surface area contributed by atoms with Gasteiger partial charge in [-0.3, -0.25) is 9.78 Å². The lowest BCUT2D eigenvalue weighted by molar-refractivity contribution is -0.255. The van der Waals surface area contributed by atoms with Gasteiger partial charge in [0.25, 0.3) is 0 Å². The molecule has 1 aromatic heterocycles. The van der Waals surface area contributed by atoms with E-state index in [0.717, 1.165) is 78.9 Å². The van der Waals surface area contributed by atoms with Crippen LogP contribution in [0.1, 0.15) is 87.6 Å². The summed E-state index contributed by atoms with van der Waals surface area (Å²) < 4.78 is 20.5. The van der Waals surface area contributed by atoms with Gasteiger partial charge in [-0.2, -0.15) is 0 Å². The average molecular weight is 702 g/mol. The molecule has 2 aromatic rings. The van der Waals surface area contributed by atoms with Gasteiger partial charge in [0.15, 0.2) is 0 Å². The Balaban J connectivity index is 1.52. The summed E-state index contributed by atoms with van der Waals surface area (Å²) in [6, 6.07) is 11.5. The van der Waals surface area contributed by atoms with Crippen LogP contribution in [0.3, 0.4) is 0 Å². The van der Waals surface area contributed by atoms with E-state index in [2.05, 4.69) is 23.7 Å². The van der Waals surface area contributed by atoms with Crippen LogP contribution in [0.4, 0.5) is 0 Å². The highest BCUT2D eigenvalue weighted by Gasteiger charge is 2.65. The first-order valence-electron chi connectivity index (χ1n) is 18.9. The van der Waals surface area contributed by atoms with Crippen LogP contribution in [0.2, 0.25) is 0 Å². The molecular formula is C41H55N3O7. The van der Waals surface area contributed by atoms with Crippen molar-refractivity contribution in [1.82, 2.24) is 9.88 Å². The highest BCUT2D eigenvalue weighted by molar-refractivity contribution is 6.03. The van der Waals surface area contributed by atoms with Gasteiger partial charge in [0.2, 0.25) is 11.7 Å². The number of amides is 1. The number of carbonyl (C=O) groups is 1. The fraction of sp³-hybridized carbons (Fsp3) is 0.585. The number of oxime groups is 1. The van der Waals surface area contributed by atoms with Crippen LogP contribution in [0.15, 0.2) is 65.9 Å². The molecule has 2 fully saturated rings. The summed E-state index contributed by atoms with van der Waals surface area (Å²) in [5, 5.41) is 24.3. The number of hydrogen-bond acceptors (Lipinski definition) is 9. The van der Waals surface area contributed by atoms with Crippen molar-refractivity contribution in [3.63, 3.8) is 0 Å². The number of nitrogens with zero attached hydrogens (tertiary/aromatic N) is 3. The molecule has 2 N–H and O–H groups in total. The summed E-state index contributed by atoms with van der Waals surface area (Å²) in [7, 11) is 1.88. The number of aliphatic hydroxyl groups is 2. The number of carbonyl (C=O) groups excluding carboxylic acids is 1. The van der Waals surface area contributed by atoms with Gasteiger partial charge in [-0.25, -0.2) is 0 Å². The maximum atomic E-state index is 13.8. The van der Waals surface area contributed by atoms with E-state index in [1.165, 1.54) is 0 Å². The van der Waals surface area contributed by atoms with Gasteiger partial charge >= 0.3 is 0 Å². The molecule has 0 spiro atoms. The van der Waals surface area contributed by atoms with E-state index in [0.29, 0.717) is 31.8 Å². The molecule has 4 aliphatic rings. The van der Waals surface area contributed by atoms with Gasteiger partial charge in [-0.15, -0.1) is 6.58 Å². The summed E-state index contributed by atoms with van der Waals surface area (Å²) in [5.74, 6) is 0.246. The lowest BCUT2D eigenvalue weighted by Gasteiger charge is -2.59. The first kappa shape index (κ1) is 37.0. The molecule has 6 rings (SSSR count). The number of aromatic nitrogens is 1. The lowest BCUT2D eigenvalue weighted by atomic mass is 9.55. The molecule has 1 aromatic carbocycles. The minimum atomic E-state index is -1.22. The third-order valence-electron chi connectivity index (χ3n) is 11.0. The molecule has 276 valence electrons. The topological polar surface area (TPSA) is 123 Å². The third kappa shape index (κ3) is 7.88. The van der Waals surface area contributed by atoms with E-state index in [4.69, 9.17) is 24.2 Å². The molecule has 10 nitrogen and oxygen atoms in total. The average Bonchev–Trinajstić information content (AvgIpc) is 3.99. The first-order chi connectivity index (χ1) is 24.8. The number of likely N-dealkylation sites (N-methyl/N-ethyl adjacent to an activating group) is 1. The second-order valence-corrected chi connectivity index (χ2v) is 14.5. The first-order valence-corrected chi connectivity index (χ1v) is 18.9. The van der Waals surface area contributed by atoms with Crippen LogP contribution in [-0.4, -0.2) is 77.0 Å². The maximum absolute atomic E-state index is 13.8. The fourth-order valence-electron chi connectivity index (χ4n) is 8.57. The smallest absolute Gasteiger partial charge is 0.239 e. The van der Waals surface area contributed by atoms with E-state index >= 15 is 0 Å². The number of allylic oxidation sites excluding steroid dienone is 1. The number of ether oxygens (including phenoxy) is 3. The molecule has 10 heteroatoms. The minimum absolute atomic E-state index is 0.0124. The molecule has 2 saturated carbocycles. The predicted octanol–water partition coefficient (Wildman–Crippen LogP) is 6.49. The van der Waals surface area contributed by atoms with Crippen LogP contribution in [0.25, 0.3) is 0 Å². The molecule has 6 atom stereocenters. The highest BCUT2D eigenvalue weighted by Crippen LogP contribution is 2.62. The molecule has 6 unspecified atom stereocenters. The standard InChI is InChI=1S/C41H55N3O7/c1-5-22-49-41-37(44(4)40(47)28-16-17-28)25-35(43-50-6-2)33-23-29(13-7-9-20-45)32(15-8-10-21-46)38(39(33)41)34-24-31(18-19-36(34)51-41)48-26-30-14-11-12-27(3)42-30/h5,11-12,14,18-19,23-24,28-29,32,37-39,45-46H,1,6-10,13,15-17,20-22,25-26H2,2-4H3. The number of fused-ring (bicyclic) bond motifs is 2. The summed E-state index contributed by atoms with van der Waals surface area (Å²) in [4.78, 5) is 26.1. The van der Waals surface area contributed by atoms with Crippen molar-refractivity contribution in [2.45, 2.75) is 96.0 Å². The van der Waals surface area contributed by atoms with Crippen molar-refractivity contribution in [3.05, 3.63) is 77.7 Å². The minimum Gasteiger partial charge on any atom is -0.487 e. The number of rotatable bonds is 18. The Hall–Kier alpha value is -3.73. The van der Waals surface area contributed by atoms with Crippen LogP contribution in [0.5, 0.6) is 11.5 Å². The van der Waals surface area contributed by atoms with E-state index in [-0.39, 0.29) is 55.3 Å². The maximum Gasteiger partial charge on any atom is 0.239 e. The zero-order valence-corrected chi connectivity index (χ0v) is 30.5. The van der Waals surface area contributed by atoms with Gasteiger partial charge in [-0.05, 0) is 100 Å². The van der Waals surface area contributed by atoms with Gasteiger partial charge in [0, 0.05) is 49.8 Å². The fourth-order valence-corrected chi connectivity index (χ4v) is 8.57. The zero-order valence-electron chi connectivity index (χ0n) is 30.5. The Labute approximate surface area is 302 Å². The van der Waals surface area contributed by atoms with E-state index in [1.807, 2.05) is 56.1 Å². The van der Waals surface area contributed by atoms with Crippen molar-refractivity contribution >= 4 is 11.6 Å². The monoisotopic (exact) mass is 701 g/mol. The Morgan fingerprint density at radius 1 is 1.14 bits per heavy atom. The van der Waals surface area contributed by atoms with E-state index in [1.54, 1.807) is 6.08 Å². The molecule has 3 aliphatic carbocycles. The zero-order chi connectivity index (χ0) is 36.0. The summed E-state index contributed by atoms with van der Waals surface area (Å²) in [6.45, 7) is 9.16. The van der Waals surface area contributed by atoms with Crippen molar-refractivity contribution in [3.8, 4) is 11.5 Å². The number of benzene rings is 1. The highest BCUT2D eigenvalue weighted by atomic mass is 16.7. The van der Waals surface area contributed by atoms with Crippen LogP contribution < -0.4 is 9.47 Å². The number of unbranched alkanes of at least 4 members (excludes halogenated alkanes) is 2. The molecule has 51 heavy (non-hydrogen) atoms. The normalized spacial score (nSPS) is 27.1. The SMILES string of the molecule is C=CCOC12Oc3ccc(OCc4cccc(C)n4)cc3C3C(CCCCO)C(CCCCO)C=C(C(=NOCC)CC1N(C)C(=O)C1CC1)C32. The summed E-state index contributed by atoms with van der Waals surface area (Å²) in [6.07, 6.45) is 11.3. The Kier molecular flexibility index (Phi) is 12.2. The van der Waals surface area contributed by atoms with Crippen LogP contribution >= 0.6 is 0 Å². The molecule has 0 bridgehead atoms. The van der Waals surface area contributed by atoms with Gasteiger partial charge in [-0.1, -0.05) is 36.2 Å². The molecule has 0 radical (unpaired) electrons. The second-order valence-electron chi connectivity index (χ2n) is 14.5. The van der Waals surface area contributed by atoms with Crippen molar-refractivity contribution in [1.29, 1.82) is 0 Å². The molecule has 2 heterocycles. The second kappa shape index (κ2) is 16.7. The predicted molar refractivity (Wildman–Crippen MR) is 195 cm³/mol. The molecule has 0 saturated heterocycles. The van der Waals surface area contributed by atoms with Gasteiger partial charge in [0.05, 0.1) is 23.9 Å². The van der Waals surface area contributed by atoms with E-state index < -0.39 is 11.8 Å². The molecular weight excluding hydrogens is 646 g/mol. The lowest BCUT2D eigenvalue weighted by Crippen LogP contribution is -2.69. The largest absolute Gasteiger partial charge is 0.487 e. The van der Waals surface area contributed by atoms with Crippen molar-refractivity contribution in [2.75, 3.05) is 33.5 Å². The quantitative estimate of drug-likeness (QED) is 0.103. The number of pyridine rings is 1. The number of hydrogen-bond donors (Lipinski definition) is 2. The van der Waals surface area contributed by atoms with Crippen molar-refractivity contribution < 1.29 is 34.1 Å². The van der Waals surface area contributed by atoms with E-state index in [9.17, 15) is 15.0 Å². The van der Waals surface area contributed by atoms with Crippen LogP contribution in [0, 0.1) is 30.6 Å². The molecule has 1 amide bonds.